The Kier molecular flexibility index (Phi) is 4.07. The molecule has 0 atom stereocenters. The first-order valence-corrected chi connectivity index (χ1v) is 10.2. The lowest BCUT2D eigenvalue weighted by atomic mass is 10.00. The first-order chi connectivity index (χ1) is 15.7. The van der Waals surface area contributed by atoms with Crippen molar-refractivity contribution in [1.29, 1.82) is 0 Å². The Labute approximate surface area is 182 Å². The highest BCUT2D eigenvalue weighted by Gasteiger charge is 2.15. The molecule has 0 aliphatic carbocycles. The number of rotatable bonds is 3. The molecule has 0 bridgehead atoms. The molecule has 4 aromatic heterocycles. The molecule has 0 unspecified atom stereocenters. The van der Waals surface area contributed by atoms with Crippen LogP contribution in [0.15, 0.2) is 73.3 Å². The van der Waals surface area contributed by atoms with Crippen molar-refractivity contribution in [3.8, 4) is 33.8 Å². The van der Waals surface area contributed by atoms with Crippen LogP contribution in [0.2, 0.25) is 0 Å². The maximum Gasteiger partial charge on any atom is 0.135 e. The summed E-state index contributed by atoms with van der Waals surface area (Å²) in [5.41, 5.74) is 8.38. The number of nitrogens with one attached hydrogen (secondary N) is 2. The molecule has 0 fully saturated rings. The summed E-state index contributed by atoms with van der Waals surface area (Å²) in [5.74, 6) is -0.243. The summed E-state index contributed by atoms with van der Waals surface area (Å²) in [5, 5.41) is 8.57. The Morgan fingerprint density at radius 2 is 1.75 bits per heavy atom. The molecule has 6 nitrogen and oxygen atoms in total. The van der Waals surface area contributed by atoms with Gasteiger partial charge in [0, 0.05) is 28.9 Å². The van der Waals surface area contributed by atoms with E-state index < -0.39 is 0 Å². The average Bonchev–Trinajstić information content (AvgIpc) is 3.42. The summed E-state index contributed by atoms with van der Waals surface area (Å²) in [7, 11) is 0. The average molecular weight is 420 g/mol. The standard InChI is InChI=1S/C25H17FN6/c1-14-7-15(9-17(26)8-14)18-3-2-4-21-19(18)10-23(29-21)25-24-22(31-32-25)6-5-20(30-24)16-11-27-13-28-12-16/h2-13,29H,1H3,(H,31,32). The summed E-state index contributed by atoms with van der Waals surface area (Å²) in [6, 6.07) is 17.0. The van der Waals surface area contributed by atoms with Crippen molar-refractivity contribution in [2.45, 2.75) is 6.92 Å². The van der Waals surface area contributed by atoms with E-state index in [-0.39, 0.29) is 5.82 Å². The van der Waals surface area contributed by atoms with Crippen LogP contribution in [0, 0.1) is 12.7 Å². The molecule has 2 N–H and O–H groups in total. The van der Waals surface area contributed by atoms with Gasteiger partial charge in [-0.1, -0.05) is 18.2 Å². The van der Waals surface area contributed by atoms with Crippen LogP contribution in [0.1, 0.15) is 5.56 Å². The maximum atomic E-state index is 14.1. The second-order valence-electron chi connectivity index (χ2n) is 7.76. The van der Waals surface area contributed by atoms with Crippen molar-refractivity contribution in [2.75, 3.05) is 0 Å². The van der Waals surface area contributed by atoms with Gasteiger partial charge in [0.05, 0.1) is 16.9 Å². The molecule has 0 saturated heterocycles. The molecule has 2 aromatic carbocycles. The van der Waals surface area contributed by atoms with Gasteiger partial charge in [-0.2, -0.15) is 5.10 Å². The van der Waals surface area contributed by atoms with Crippen molar-refractivity contribution in [2.24, 2.45) is 0 Å². The van der Waals surface area contributed by atoms with Crippen molar-refractivity contribution in [3.05, 3.63) is 84.7 Å². The summed E-state index contributed by atoms with van der Waals surface area (Å²) >= 11 is 0. The normalized spacial score (nSPS) is 11.4. The third kappa shape index (κ3) is 3.02. The second-order valence-corrected chi connectivity index (χ2v) is 7.76. The van der Waals surface area contributed by atoms with Gasteiger partial charge in [0.15, 0.2) is 0 Å². The van der Waals surface area contributed by atoms with Crippen molar-refractivity contribution in [1.82, 2.24) is 30.1 Å². The zero-order chi connectivity index (χ0) is 21.7. The number of benzene rings is 2. The topological polar surface area (TPSA) is 83.1 Å². The van der Waals surface area contributed by atoms with E-state index in [1.807, 2.05) is 49.4 Å². The molecule has 0 amide bonds. The predicted molar refractivity (Wildman–Crippen MR) is 122 cm³/mol. The molecule has 6 aromatic rings. The number of pyridine rings is 1. The van der Waals surface area contributed by atoms with E-state index in [0.717, 1.165) is 61.3 Å². The number of fused-ring (bicyclic) bond motifs is 2. The van der Waals surface area contributed by atoms with Crippen LogP contribution in [-0.4, -0.2) is 30.1 Å². The monoisotopic (exact) mass is 420 g/mol. The Morgan fingerprint density at radius 3 is 2.59 bits per heavy atom. The van der Waals surface area contributed by atoms with E-state index >= 15 is 0 Å². The van der Waals surface area contributed by atoms with E-state index in [1.54, 1.807) is 18.5 Å². The van der Waals surface area contributed by atoms with Gasteiger partial charge >= 0.3 is 0 Å². The molecule has 0 saturated carbocycles. The van der Waals surface area contributed by atoms with Gasteiger partial charge in [-0.05, 0) is 60.0 Å². The van der Waals surface area contributed by atoms with Crippen LogP contribution >= 0.6 is 0 Å². The number of H-pyrrole nitrogens is 2. The summed E-state index contributed by atoms with van der Waals surface area (Å²) in [4.78, 5) is 16.4. The molecule has 0 aliphatic heterocycles. The molecular weight excluding hydrogens is 403 g/mol. The third-order valence-electron chi connectivity index (χ3n) is 5.54. The number of aryl methyl sites for hydroxylation is 1. The lowest BCUT2D eigenvalue weighted by molar-refractivity contribution is 0.627. The Bertz CT molecular complexity index is 1580. The summed E-state index contributed by atoms with van der Waals surface area (Å²) < 4.78 is 14.1. The highest BCUT2D eigenvalue weighted by Crippen LogP contribution is 2.34. The molecule has 0 radical (unpaired) electrons. The number of hydrogen-bond donors (Lipinski definition) is 2. The second kappa shape index (κ2) is 7.09. The van der Waals surface area contributed by atoms with Gasteiger partial charge in [-0.3, -0.25) is 5.10 Å². The molecule has 0 spiro atoms. The molecule has 4 heterocycles. The number of halogens is 1. The molecule has 6 rings (SSSR count). The SMILES string of the molecule is Cc1cc(F)cc(-c2cccc3[nH]c(-c4n[nH]c5ccc(-c6cncnc6)nc45)cc23)c1. The van der Waals surface area contributed by atoms with Gasteiger partial charge < -0.3 is 4.98 Å². The molecule has 154 valence electrons. The fraction of sp³-hybridized carbons (Fsp3) is 0.0400. The number of nitrogens with zero attached hydrogens (tertiary/aromatic N) is 4. The fourth-order valence-corrected chi connectivity index (χ4v) is 4.11. The van der Waals surface area contributed by atoms with Crippen LogP contribution in [-0.2, 0) is 0 Å². The molecule has 0 aliphatic rings. The van der Waals surface area contributed by atoms with Crippen LogP contribution in [0.5, 0.6) is 0 Å². The zero-order valence-electron chi connectivity index (χ0n) is 17.1. The van der Waals surface area contributed by atoms with Crippen LogP contribution in [0.4, 0.5) is 4.39 Å². The first kappa shape index (κ1) is 18.4. The molecule has 7 heteroatoms. The van der Waals surface area contributed by atoms with Gasteiger partial charge in [0.2, 0.25) is 0 Å². The Morgan fingerprint density at radius 1 is 0.875 bits per heavy atom. The van der Waals surface area contributed by atoms with Gasteiger partial charge in [0.1, 0.15) is 23.4 Å². The molecular formula is C25H17FN6. The van der Waals surface area contributed by atoms with E-state index in [9.17, 15) is 4.39 Å². The summed E-state index contributed by atoms with van der Waals surface area (Å²) in [6.07, 6.45) is 4.96. The lowest BCUT2D eigenvalue weighted by Gasteiger charge is -2.05. The quantitative estimate of drug-likeness (QED) is 0.386. The number of aromatic nitrogens is 6. The van der Waals surface area contributed by atoms with E-state index in [2.05, 4.69) is 25.1 Å². The maximum absolute atomic E-state index is 14.1. The van der Waals surface area contributed by atoms with Crippen LogP contribution in [0.25, 0.3) is 55.7 Å². The largest absolute Gasteiger partial charge is 0.353 e. The zero-order valence-corrected chi connectivity index (χ0v) is 17.1. The van der Waals surface area contributed by atoms with E-state index in [4.69, 9.17) is 4.98 Å². The van der Waals surface area contributed by atoms with E-state index in [1.165, 1.54) is 12.4 Å². The van der Waals surface area contributed by atoms with Gasteiger partial charge in [0.25, 0.3) is 0 Å². The third-order valence-corrected chi connectivity index (χ3v) is 5.54. The van der Waals surface area contributed by atoms with Crippen molar-refractivity contribution in [3.63, 3.8) is 0 Å². The highest BCUT2D eigenvalue weighted by atomic mass is 19.1. The number of aromatic amines is 2. The highest BCUT2D eigenvalue weighted by molar-refractivity contribution is 6.00. The fourth-order valence-electron chi connectivity index (χ4n) is 4.11. The van der Waals surface area contributed by atoms with E-state index in [0.29, 0.717) is 0 Å². The lowest BCUT2D eigenvalue weighted by Crippen LogP contribution is -1.87. The predicted octanol–water partition coefficient (Wildman–Crippen LogP) is 5.68. The van der Waals surface area contributed by atoms with Crippen LogP contribution in [0.3, 0.4) is 0 Å². The number of hydrogen-bond acceptors (Lipinski definition) is 4. The minimum atomic E-state index is -0.243. The van der Waals surface area contributed by atoms with Crippen molar-refractivity contribution < 1.29 is 4.39 Å². The minimum absolute atomic E-state index is 0.243. The van der Waals surface area contributed by atoms with Crippen molar-refractivity contribution >= 4 is 21.9 Å². The molecule has 32 heavy (non-hydrogen) atoms. The Hall–Kier alpha value is -4.39. The van der Waals surface area contributed by atoms with Gasteiger partial charge in [-0.15, -0.1) is 0 Å². The Balaban J connectivity index is 1.52. The minimum Gasteiger partial charge on any atom is -0.353 e. The summed E-state index contributed by atoms with van der Waals surface area (Å²) in [6.45, 7) is 1.89. The smallest absolute Gasteiger partial charge is 0.135 e. The van der Waals surface area contributed by atoms with Gasteiger partial charge in [-0.25, -0.2) is 19.3 Å². The first-order valence-electron chi connectivity index (χ1n) is 10.2. The van der Waals surface area contributed by atoms with Crippen LogP contribution < -0.4 is 0 Å².